The zero-order chi connectivity index (χ0) is 17.8. The van der Waals surface area contributed by atoms with E-state index in [2.05, 4.69) is 4.98 Å². The van der Waals surface area contributed by atoms with Gasteiger partial charge in [0.1, 0.15) is 12.5 Å². The minimum Gasteiger partial charge on any atom is -0.463 e. The third-order valence-corrected chi connectivity index (χ3v) is 3.48. The monoisotopic (exact) mass is 353 g/mol. The van der Waals surface area contributed by atoms with Crippen LogP contribution in [0.2, 0.25) is 0 Å². The summed E-state index contributed by atoms with van der Waals surface area (Å²) in [6.07, 6.45) is -1.10. The Kier molecular flexibility index (Phi) is 5.25. The molecule has 3 rings (SSSR count). The number of H-pyrrole nitrogens is 1. The van der Waals surface area contributed by atoms with E-state index in [1.807, 2.05) is 0 Å². The average molecular weight is 353 g/mol. The average Bonchev–Trinajstić information content (AvgIpc) is 3.16. The number of hydrogen-bond acceptors (Lipinski definition) is 8. The maximum atomic E-state index is 12.2. The molecule has 0 spiro atoms. The van der Waals surface area contributed by atoms with E-state index in [1.165, 1.54) is 12.3 Å². The summed E-state index contributed by atoms with van der Waals surface area (Å²) < 4.78 is 30.7. The summed E-state index contributed by atoms with van der Waals surface area (Å²) in [5, 5.41) is 0. The van der Waals surface area contributed by atoms with Crippen LogP contribution in [0, 0.1) is 5.92 Å². The predicted molar refractivity (Wildman–Crippen MR) is 82.7 cm³/mol. The smallest absolute Gasteiger partial charge is 0.463 e. The van der Waals surface area contributed by atoms with Crippen LogP contribution in [0.4, 0.5) is 4.79 Å². The summed E-state index contributed by atoms with van der Waals surface area (Å²) >= 11 is 0. The third kappa shape index (κ3) is 4.31. The Labute approximate surface area is 143 Å². The second kappa shape index (κ2) is 7.58. The lowest BCUT2D eigenvalue weighted by Crippen LogP contribution is -2.36. The van der Waals surface area contributed by atoms with Gasteiger partial charge in [-0.2, -0.15) is 0 Å². The minimum atomic E-state index is -1.10. The summed E-state index contributed by atoms with van der Waals surface area (Å²) in [5.74, 6) is -0.935. The Hall–Kier alpha value is -2.52. The zero-order valence-electron chi connectivity index (χ0n) is 13.9. The summed E-state index contributed by atoms with van der Waals surface area (Å²) in [6.45, 7) is 4.11. The van der Waals surface area contributed by atoms with Gasteiger partial charge in [0.15, 0.2) is 11.7 Å². The highest BCUT2D eigenvalue weighted by atomic mass is 16.8. The topological polar surface area (TPSA) is 109 Å². The van der Waals surface area contributed by atoms with Gasteiger partial charge in [0.05, 0.1) is 25.0 Å². The minimum absolute atomic E-state index is 0.167. The standard InChI is InChI=1S/C16H19NO8/c1-9(2)15(25-16(19)23-10-6-20-8-21-7-10)24-14(18)12-5-13-11(17-12)3-4-22-13/h3-5,9-10,15,17H,6-8H2,1-2H3. The van der Waals surface area contributed by atoms with Gasteiger partial charge >= 0.3 is 12.1 Å². The summed E-state index contributed by atoms with van der Waals surface area (Å²) in [6, 6.07) is 3.21. The van der Waals surface area contributed by atoms with Gasteiger partial charge in [-0.25, -0.2) is 9.59 Å². The molecule has 0 bridgehead atoms. The fraction of sp³-hybridized carbons (Fsp3) is 0.500. The normalized spacial score (nSPS) is 16.8. The lowest BCUT2D eigenvalue weighted by Gasteiger charge is -2.24. The molecule has 9 heteroatoms. The molecule has 136 valence electrons. The first kappa shape index (κ1) is 17.3. The van der Waals surface area contributed by atoms with Crippen LogP contribution in [0.15, 0.2) is 22.8 Å². The maximum absolute atomic E-state index is 12.2. The molecule has 0 aromatic carbocycles. The number of carbonyl (C=O) groups excluding carboxylic acids is 2. The van der Waals surface area contributed by atoms with E-state index in [-0.39, 0.29) is 31.6 Å². The van der Waals surface area contributed by atoms with Crippen molar-refractivity contribution < 1.29 is 37.7 Å². The largest absolute Gasteiger partial charge is 0.511 e. The number of ether oxygens (including phenoxy) is 5. The molecule has 0 amide bonds. The van der Waals surface area contributed by atoms with Crippen molar-refractivity contribution in [2.24, 2.45) is 5.92 Å². The van der Waals surface area contributed by atoms with E-state index in [0.717, 1.165) is 0 Å². The van der Waals surface area contributed by atoms with Crippen molar-refractivity contribution in [3.05, 3.63) is 24.1 Å². The Bertz CT molecular complexity index is 699. The van der Waals surface area contributed by atoms with Gasteiger partial charge in [0, 0.05) is 18.1 Å². The van der Waals surface area contributed by atoms with Crippen molar-refractivity contribution in [2.45, 2.75) is 26.2 Å². The molecule has 0 saturated carbocycles. The van der Waals surface area contributed by atoms with E-state index in [4.69, 9.17) is 28.1 Å². The molecule has 1 atom stereocenters. The maximum Gasteiger partial charge on any atom is 0.511 e. The van der Waals surface area contributed by atoms with Gasteiger partial charge in [-0.3, -0.25) is 0 Å². The molecular formula is C16H19NO8. The molecule has 0 aliphatic carbocycles. The van der Waals surface area contributed by atoms with Gasteiger partial charge in [0.25, 0.3) is 6.29 Å². The van der Waals surface area contributed by atoms with Crippen LogP contribution in [0.3, 0.4) is 0 Å². The second-order valence-electron chi connectivity index (χ2n) is 5.87. The first-order valence-corrected chi connectivity index (χ1v) is 7.83. The van der Waals surface area contributed by atoms with E-state index >= 15 is 0 Å². The van der Waals surface area contributed by atoms with Crippen LogP contribution in [-0.2, 0) is 23.7 Å². The Morgan fingerprint density at radius 1 is 1.24 bits per heavy atom. The highest BCUT2D eigenvalue weighted by molar-refractivity contribution is 5.93. The third-order valence-electron chi connectivity index (χ3n) is 3.48. The molecule has 1 saturated heterocycles. The number of nitrogens with one attached hydrogen (secondary N) is 1. The van der Waals surface area contributed by atoms with Crippen LogP contribution < -0.4 is 0 Å². The predicted octanol–water partition coefficient (Wildman–Crippen LogP) is 2.43. The molecule has 1 aliphatic rings. The second-order valence-corrected chi connectivity index (χ2v) is 5.87. The van der Waals surface area contributed by atoms with Crippen molar-refractivity contribution in [2.75, 3.05) is 20.0 Å². The summed E-state index contributed by atoms with van der Waals surface area (Å²) in [4.78, 5) is 27.0. The van der Waals surface area contributed by atoms with Gasteiger partial charge in [-0.1, -0.05) is 13.8 Å². The molecule has 9 nitrogen and oxygen atoms in total. The first-order valence-electron chi connectivity index (χ1n) is 7.83. The number of hydrogen-bond donors (Lipinski definition) is 1. The number of esters is 1. The lowest BCUT2D eigenvalue weighted by atomic mass is 10.2. The first-order chi connectivity index (χ1) is 12.0. The van der Waals surface area contributed by atoms with Crippen LogP contribution in [0.25, 0.3) is 11.1 Å². The van der Waals surface area contributed by atoms with Crippen molar-refractivity contribution in [3.8, 4) is 0 Å². The van der Waals surface area contributed by atoms with E-state index < -0.39 is 24.5 Å². The van der Waals surface area contributed by atoms with Gasteiger partial charge in [-0.15, -0.1) is 0 Å². The quantitative estimate of drug-likeness (QED) is 0.645. The van der Waals surface area contributed by atoms with Crippen molar-refractivity contribution in [3.63, 3.8) is 0 Å². The van der Waals surface area contributed by atoms with Crippen molar-refractivity contribution >= 4 is 23.2 Å². The SMILES string of the molecule is CC(C)C(OC(=O)OC1COCOC1)OC(=O)c1cc2occc2[nH]1. The van der Waals surface area contributed by atoms with Crippen LogP contribution >= 0.6 is 0 Å². The number of carbonyl (C=O) groups is 2. The van der Waals surface area contributed by atoms with Crippen LogP contribution in [0.5, 0.6) is 0 Å². The van der Waals surface area contributed by atoms with Crippen LogP contribution in [-0.4, -0.2) is 49.5 Å². The Balaban J connectivity index is 1.57. The number of aromatic amines is 1. The van der Waals surface area contributed by atoms with Crippen LogP contribution in [0.1, 0.15) is 24.3 Å². The summed E-state index contributed by atoms with van der Waals surface area (Å²) in [7, 11) is 0. The number of fused-ring (bicyclic) bond motifs is 1. The molecule has 1 N–H and O–H groups in total. The Morgan fingerprint density at radius 2 is 2.00 bits per heavy atom. The van der Waals surface area contributed by atoms with Gasteiger partial charge in [-0.05, 0) is 0 Å². The molecule has 2 aromatic heterocycles. The molecule has 2 aromatic rings. The molecule has 1 aliphatic heterocycles. The molecule has 0 radical (unpaired) electrons. The number of aromatic nitrogens is 1. The van der Waals surface area contributed by atoms with E-state index in [9.17, 15) is 9.59 Å². The summed E-state index contributed by atoms with van der Waals surface area (Å²) in [5.41, 5.74) is 1.40. The zero-order valence-corrected chi connectivity index (χ0v) is 13.9. The lowest BCUT2D eigenvalue weighted by molar-refractivity contribution is -0.171. The number of furan rings is 1. The Morgan fingerprint density at radius 3 is 2.68 bits per heavy atom. The molecule has 3 heterocycles. The van der Waals surface area contributed by atoms with Crippen molar-refractivity contribution in [1.29, 1.82) is 0 Å². The van der Waals surface area contributed by atoms with Gasteiger partial charge < -0.3 is 33.1 Å². The fourth-order valence-electron chi connectivity index (χ4n) is 2.22. The molecule has 25 heavy (non-hydrogen) atoms. The number of rotatable bonds is 5. The molecular weight excluding hydrogens is 334 g/mol. The highest BCUT2D eigenvalue weighted by Crippen LogP contribution is 2.19. The molecule has 1 fully saturated rings. The molecule has 1 unspecified atom stereocenters. The van der Waals surface area contributed by atoms with E-state index in [1.54, 1.807) is 19.9 Å². The van der Waals surface area contributed by atoms with Gasteiger partial charge in [0.2, 0.25) is 0 Å². The van der Waals surface area contributed by atoms with Crippen molar-refractivity contribution in [1.82, 2.24) is 4.98 Å². The fourth-order valence-corrected chi connectivity index (χ4v) is 2.22. The van der Waals surface area contributed by atoms with E-state index in [0.29, 0.717) is 11.1 Å². The highest BCUT2D eigenvalue weighted by Gasteiger charge is 2.27.